The van der Waals surface area contributed by atoms with Crippen molar-refractivity contribution in [3.05, 3.63) is 133 Å². The third-order valence-electron chi connectivity index (χ3n) is 6.24. The Hall–Kier alpha value is -5.16. The Bertz CT molecular complexity index is 2020. The quantitative estimate of drug-likeness (QED) is 0.108. The van der Waals surface area contributed by atoms with Crippen LogP contribution in [0.4, 0.5) is 10.1 Å². The zero-order valence-electron chi connectivity index (χ0n) is 21.0. The van der Waals surface area contributed by atoms with Gasteiger partial charge in [0.25, 0.3) is 5.56 Å². The molecule has 9 nitrogen and oxygen atoms in total. The first kappa shape index (κ1) is 26.1. The van der Waals surface area contributed by atoms with E-state index < -0.39 is 16.3 Å². The van der Waals surface area contributed by atoms with Crippen LogP contribution >= 0.6 is 15.9 Å². The Morgan fingerprint density at radius 3 is 2.66 bits per heavy atom. The van der Waals surface area contributed by atoms with Gasteiger partial charge in [0.2, 0.25) is 11.6 Å². The zero-order valence-corrected chi connectivity index (χ0v) is 22.6. The molecule has 0 saturated heterocycles. The predicted octanol–water partition coefficient (Wildman–Crippen LogP) is 7.08. The van der Waals surface area contributed by atoms with Gasteiger partial charge >= 0.3 is 5.69 Å². The molecule has 0 bridgehead atoms. The number of fused-ring (bicyclic) bond motifs is 2. The largest absolute Gasteiger partial charge is 0.481 e. The summed E-state index contributed by atoms with van der Waals surface area (Å²) >= 11 is 3.30. The third kappa shape index (κ3) is 5.22. The Labute approximate surface area is 239 Å². The van der Waals surface area contributed by atoms with Crippen molar-refractivity contribution in [3.8, 4) is 17.3 Å². The molecule has 6 aromatic rings. The molecule has 0 N–H and O–H groups in total. The summed E-state index contributed by atoms with van der Waals surface area (Å²) in [5.41, 5.74) is 0.950. The Morgan fingerprint density at radius 2 is 1.85 bits per heavy atom. The number of benzene rings is 4. The van der Waals surface area contributed by atoms with E-state index in [0.717, 1.165) is 10.1 Å². The van der Waals surface area contributed by atoms with Crippen LogP contribution in [0.5, 0.6) is 5.75 Å². The number of hydrogen-bond acceptors (Lipinski definition) is 7. The highest BCUT2D eigenvalue weighted by atomic mass is 79.9. The molecule has 0 saturated carbocycles. The van der Waals surface area contributed by atoms with Crippen molar-refractivity contribution in [2.75, 3.05) is 0 Å². The van der Waals surface area contributed by atoms with Crippen LogP contribution in [0.15, 0.2) is 110 Å². The molecule has 11 heteroatoms. The highest BCUT2D eigenvalue weighted by molar-refractivity contribution is 9.10. The first-order valence-electron chi connectivity index (χ1n) is 12.3. The fourth-order valence-electron chi connectivity index (χ4n) is 4.37. The van der Waals surface area contributed by atoms with Gasteiger partial charge in [-0.15, -0.1) is 0 Å². The maximum Gasteiger partial charge on any atom is 0.312 e. The highest BCUT2D eigenvalue weighted by Crippen LogP contribution is 2.35. The lowest BCUT2D eigenvalue weighted by atomic mass is 10.2. The van der Waals surface area contributed by atoms with Crippen LogP contribution in [-0.4, -0.2) is 20.8 Å². The van der Waals surface area contributed by atoms with Gasteiger partial charge in [0, 0.05) is 21.5 Å². The average molecular weight is 613 g/mol. The Kier molecular flexibility index (Phi) is 6.86. The minimum absolute atomic E-state index is 0.0988. The van der Waals surface area contributed by atoms with Crippen LogP contribution in [0.2, 0.25) is 0 Å². The summed E-state index contributed by atoms with van der Waals surface area (Å²) in [7, 11) is 0. The molecular weight excluding hydrogens is 595 g/mol. The van der Waals surface area contributed by atoms with Crippen molar-refractivity contribution >= 4 is 49.7 Å². The van der Waals surface area contributed by atoms with E-state index in [1.165, 1.54) is 30.5 Å². The van der Waals surface area contributed by atoms with Crippen LogP contribution in [0.3, 0.4) is 0 Å². The number of halogens is 2. The van der Waals surface area contributed by atoms with Gasteiger partial charge in [-0.2, -0.15) is 9.78 Å². The van der Waals surface area contributed by atoms with E-state index in [4.69, 9.17) is 9.15 Å². The van der Waals surface area contributed by atoms with E-state index in [2.05, 4.69) is 26.0 Å². The second-order valence-corrected chi connectivity index (χ2v) is 9.90. The normalized spacial score (nSPS) is 11.5. The monoisotopic (exact) mass is 612 g/mol. The maximum atomic E-state index is 13.7. The second kappa shape index (κ2) is 10.8. The fraction of sp³-hybridized carbons (Fsp3) is 0.0333. The van der Waals surface area contributed by atoms with Crippen molar-refractivity contribution in [1.82, 2.24) is 9.66 Å². The van der Waals surface area contributed by atoms with Gasteiger partial charge in [-0.1, -0.05) is 58.4 Å². The second-order valence-electron chi connectivity index (χ2n) is 8.98. The number of para-hydroxylation sites is 2. The van der Waals surface area contributed by atoms with Gasteiger partial charge in [0.15, 0.2) is 5.76 Å². The van der Waals surface area contributed by atoms with E-state index in [-0.39, 0.29) is 29.4 Å². The molecule has 2 heterocycles. The van der Waals surface area contributed by atoms with Gasteiger partial charge in [0.05, 0.1) is 22.0 Å². The zero-order chi connectivity index (χ0) is 28.5. The van der Waals surface area contributed by atoms with Crippen molar-refractivity contribution in [1.29, 1.82) is 0 Å². The number of rotatable bonds is 7. The molecule has 0 radical (unpaired) electrons. The van der Waals surface area contributed by atoms with Crippen LogP contribution in [0, 0.1) is 15.9 Å². The molecular formula is C30H18BrFN4O5. The summed E-state index contributed by atoms with van der Waals surface area (Å²) in [6.45, 7) is -0.136. The molecule has 0 atom stereocenters. The molecule has 202 valence electrons. The fourth-order valence-corrected chi connectivity index (χ4v) is 4.84. The maximum absolute atomic E-state index is 13.7. The van der Waals surface area contributed by atoms with Crippen molar-refractivity contribution < 1.29 is 18.5 Å². The van der Waals surface area contributed by atoms with Gasteiger partial charge in [-0.3, -0.25) is 14.9 Å². The molecule has 0 unspecified atom stereocenters. The van der Waals surface area contributed by atoms with Crippen LogP contribution in [-0.2, 0) is 6.61 Å². The van der Waals surface area contributed by atoms with Crippen LogP contribution in [0.1, 0.15) is 11.1 Å². The number of ether oxygens (including phenoxy) is 1. The number of nitro benzene ring substituents is 1. The standard InChI is InChI=1S/C30H18BrFN4O5/c31-21-13-20(28(25(15-21)36(38)39)40-17-18-6-5-8-22(32)12-18)16-33-35-29(27-14-19-7-1-4-11-26(19)41-27)34-24-10-3-2-9-23(24)30(35)37/h1-16H,17H2. The molecule has 0 amide bonds. The summed E-state index contributed by atoms with van der Waals surface area (Å²) < 4.78 is 27.0. The van der Waals surface area contributed by atoms with Gasteiger partial charge in [-0.25, -0.2) is 9.37 Å². The summed E-state index contributed by atoms with van der Waals surface area (Å²) in [4.78, 5) is 29.6. The minimum Gasteiger partial charge on any atom is -0.481 e. The number of nitro groups is 1. The van der Waals surface area contributed by atoms with E-state index in [1.54, 1.807) is 48.5 Å². The van der Waals surface area contributed by atoms with E-state index >= 15 is 0 Å². The molecule has 0 aliphatic carbocycles. The smallest absolute Gasteiger partial charge is 0.312 e. The number of aromatic nitrogens is 2. The molecule has 6 rings (SSSR count). The highest BCUT2D eigenvalue weighted by Gasteiger charge is 2.22. The number of hydrogen-bond donors (Lipinski definition) is 0. The molecule has 0 spiro atoms. The summed E-state index contributed by atoms with van der Waals surface area (Å²) in [5, 5.41) is 17.5. The van der Waals surface area contributed by atoms with Gasteiger partial charge in [-0.05, 0) is 48.0 Å². The van der Waals surface area contributed by atoms with Gasteiger partial charge < -0.3 is 9.15 Å². The molecule has 0 fully saturated rings. The average Bonchev–Trinajstić information content (AvgIpc) is 3.40. The van der Waals surface area contributed by atoms with E-state index in [1.807, 2.05) is 18.2 Å². The van der Waals surface area contributed by atoms with E-state index in [9.17, 15) is 19.3 Å². The summed E-state index contributed by atoms with van der Waals surface area (Å²) in [6.07, 6.45) is 1.28. The molecule has 0 aliphatic heterocycles. The van der Waals surface area contributed by atoms with E-state index in [0.29, 0.717) is 32.3 Å². The minimum atomic E-state index is -0.591. The number of nitrogens with zero attached hydrogens (tertiary/aromatic N) is 4. The topological polar surface area (TPSA) is 113 Å². The molecule has 2 aromatic heterocycles. The first-order chi connectivity index (χ1) is 19.9. The number of furan rings is 1. The van der Waals surface area contributed by atoms with Crippen molar-refractivity contribution in [2.45, 2.75) is 6.61 Å². The molecule has 4 aromatic carbocycles. The molecule has 41 heavy (non-hydrogen) atoms. The summed E-state index contributed by atoms with van der Waals surface area (Å²) in [6, 6.07) is 24.6. The lowest BCUT2D eigenvalue weighted by molar-refractivity contribution is -0.386. The van der Waals surface area contributed by atoms with Gasteiger partial charge in [0.1, 0.15) is 18.0 Å². The van der Waals surface area contributed by atoms with Crippen molar-refractivity contribution in [2.24, 2.45) is 5.10 Å². The SMILES string of the molecule is O=c1c2ccccc2nc(-c2cc3ccccc3o2)n1N=Cc1cc(Br)cc([N+](=O)[O-])c1OCc1cccc(F)c1. The first-order valence-corrected chi connectivity index (χ1v) is 13.1. The third-order valence-corrected chi connectivity index (χ3v) is 6.70. The van der Waals surface area contributed by atoms with Crippen molar-refractivity contribution in [3.63, 3.8) is 0 Å². The Balaban J connectivity index is 1.49. The predicted molar refractivity (Wildman–Crippen MR) is 156 cm³/mol. The Morgan fingerprint density at radius 1 is 1.05 bits per heavy atom. The van der Waals surface area contributed by atoms with Crippen LogP contribution in [0.25, 0.3) is 33.5 Å². The van der Waals surface area contributed by atoms with Crippen LogP contribution < -0.4 is 10.3 Å². The molecule has 0 aliphatic rings. The summed E-state index contributed by atoms with van der Waals surface area (Å²) in [5.74, 6) is -0.0975. The lowest BCUT2D eigenvalue weighted by Crippen LogP contribution is -2.20. The lowest BCUT2D eigenvalue weighted by Gasteiger charge is -2.11.